The van der Waals surface area contributed by atoms with Crippen molar-refractivity contribution < 1.29 is 4.79 Å². The van der Waals surface area contributed by atoms with Gasteiger partial charge in [0.2, 0.25) is 0 Å². The number of H-pyrrole nitrogens is 1. The first kappa shape index (κ1) is 13.2. The molecule has 0 saturated heterocycles. The van der Waals surface area contributed by atoms with Crippen LogP contribution < -0.4 is 5.32 Å². The van der Waals surface area contributed by atoms with Gasteiger partial charge in [0.05, 0.1) is 16.1 Å². The lowest BCUT2D eigenvalue weighted by atomic mass is 10.1. The van der Waals surface area contributed by atoms with Crippen molar-refractivity contribution >= 4 is 50.0 Å². The van der Waals surface area contributed by atoms with Gasteiger partial charge in [-0.2, -0.15) is 0 Å². The number of aromatic nitrogens is 1. The smallest absolute Gasteiger partial charge is 0.257 e. The van der Waals surface area contributed by atoms with Gasteiger partial charge in [0.15, 0.2) is 0 Å². The van der Waals surface area contributed by atoms with Crippen molar-refractivity contribution in [2.45, 2.75) is 0 Å². The van der Waals surface area contributed by atoms with E-state index in [4.69, 9.17) is 11.6 Å². The number of anilines is 1. The van der Waals surface area contributed by atoms with Gasteiger partial charge in [-0.15, -0.1) is 0 Å². The quantitative estimate of drug-likeness (QED) is 0.683. The maximum absolute atomic E-state index is 12.3. The van der Waals surface area contributed by atoms with Gasteiger partial charge in [-0.05, 0) is 46.3 Å². The fraction of sp³-hybridized carbons (Fsp3) is 0. The van der Waals surface area contributed by atoms with E-state index >= 15 is 0 Å². The van der Waals surface area contributed by atoms with E-state index in [1.165, 1.54) is 0 Å². The van der Waals surface area contributed by atoms with Gasteiger partial charge < -0.3 is 10.3 Å². The summed E-state index contributed by atoms with van der Waals surface area (Å²) in [4.78, 5) is 15.4. The number of para-hydroxylation sites is 1. The van der Waals surface area contributed by atoms with E-state index in [1.54, 1.807) is 24.3 Å². The minimum atomic E-state index is -0.160. The van der Waals surface area contributed by atoms with Gasteiger partial charge in [0, 0.05) is 21.7 Å². The number of rotatable bonds is 2. The predicted octanol–water partition coefficient (Wildman–Crippen LogP) is 4.84. The molecule has 3 nitrogen and oxygen atoms in total. The monoisotopic (exact) mass is 348 g/mol. The second-order valence-electron chi connectivity index (χ2n) is 4.33. The minimum absolute atomic E-state index is 0.160. The Bertz CT molecular complexity index is 797. The van der Waals surface area contributed by atoms with Crippen LogP contribution in [0.3, 0.4) is 0 Å². The molecule has 0 aliphatic carbocycles. The molecular weight excluding hydrogens is 340 g/mol. The topological polar surface area (TPSA) is 44.9 Å². The van der Waals surface area contributed by atoms with Crippen molar-refractivity contribution in [2.24, 2.45) is 0 Å². The van der Waals surface area contributed by atoms with Gasteiger partial charge in [0.25, 0.3) is 5.91 Å². The Balaban J connectivity index is 1.93. The lowest BCUT2D eigenvalue weighted by Crippen LogP contribution is -2.12. The van der Waals surface area contributed by atoms with E-state index in [9.17, 15) is 4.79 Å². The normalized spacial score (nSPS) is 10.7. The Labute approximate surface area is 129 Å². The second-order valence-corrected chi connectivity index (χ2v) is 5.59. The van der Waals surface area contributed by atoms with Gasteiger partial charge in [-0.1, -0.05) is 23.7 Å². The maximum atomic E-state index is 12.3. The maximum Gasteiger partial charge on any atom is 0.257 e. The zero-order valence-electron chi connectivity index (χ0n) is 10.3. The third-order valence-electron chi connectivity index (χ3n) is 3.01. The fourth-order valence-electron chi connectivity index (χ4n) is 2.05. The van der Waals surface area contributed by atoms with Crippen LogP contribution in [0.2, 0.25) is 5.02 Å². The molecule has 2 aromatic carbocycles. The summed E-state index contributed by atoms with van der Waals surface area (Å²) in [7, 11) is 0. The van der Waals surface area contributed by atoms with Gasteiger partial charge in [-0.3, -0.25) is 4.79 Å². The first-order valence-corrected chi connectivity index (χ1v) is 7.15. The van der Waals surface area contributed by atoms with Crippen molar-refractivity contribution in [3.8, 4) is 0 Å². The summed E-state index contributed by atoms with van der Waals surface area (Å²) in [5.74, 6) is -0.160. The van der Waals surface area contributed by atoms with Crippen LogP contribution in [0, 0.1) is 0 Å². The molecule has 0 fully saturated rings. The third kappa shape index (κ3) is 2.44. The molecule has 5 heteroatoms. The number of benzene rings is 2. The Morgan fingerprint density at radius 3 is 2.85 bits per heavy atom. The highest BCUT2D eigenvalue weighted by molar-refractivity contribution is 9.10. The Morgan fingerprint density at radius 2 is 2.05 bits per heavy atom. The van der Waals surface area contributed by atoms with Crippen LogP contribution in [0.1, 0.15) is 10.4 Å². The largest absolute Gasteiger partial charge is 0.361 e. The number of amides is 1. The zero-order valence-corrected chi connectivity index (χ0v) is 12.6. The van der Waals surface area contributed by atoms with Crippen molar-refractivity contribution in [2.75, 3.05) is 5.32 Å². The minimum Gasteiger partial charge on any atom is -0.361 e. The van der Waals surface area contributed by atoms with E-state index in [0.717, 1.165) is 15.4 Å². The molecule has 1 amide bonds. The number of hydrogen-bond donors (Lipinski definition) is 2. The third-order valence-corrected chi connectivity index (χ3v) is 4.22. The Morgan fingerprint density at radius 1 is 1.20 bits per heavy atom. The molecule has 1 heterocycles. The van der Waals surface area contributed by atoms with Crippen LogP contribution in [0.4, 0.5) is 5.69 Å². The Hall–Kier alpha value is -1.78. The molecule has 0 radical (unpaired) electrons. The molecule has 0 aliphatic rings. The van der Waals surface area contributed by atoms with Gasteiger partial charge in [-0.25, -0.2) is 0 Å². The van der Waals surface area contributed by atoms with Gasteiger partial charge in [0.1, 0.15) is 0 Å². The van der Waals surface area contributed by atoms with E-state index in [2.05, 4.69) is 26.2 Å². The van der Waals surface area contributed by atoms with E-state index in [-0.39, 0.29) is 5.91 Å². The second kappa shape index (κ2) is 5.31. The molecule has 0 aliphatic heterocycles. The molecule has 3 aromatic rings. The van der Waals surface area contributed by atoms with Crippen molar-refractivity contribution in [1.29, 1.82) is 0 Å². The molecule has 0 atom stereocenters. The highest BCUT2D eigenvalue weighted by Crippen LogP contribution is 2.26. The number of nitrogens with one attached hydrogen (secondary N) is 2. The summed E-state index contributed by atoms with van der Waals surface area (Å²) >= 11 is 9.27. The molecular formula is C15H10BrClN2O. The summed E-state index contributed by atoms with van der Waals surface area (Å²) in [6.07, 6.45) is 1.82. The number of halogens is 2. The summed E-state index contributed by atoms with van der Waals surface area (Å²) in [6.45, 7) is 0. The summed E-state index contributed by atoms with van der Waals surface area (Å²) in [5.41, 5.74) is 2.13. The molecule has 0 unspecified atom stereocenters. The number of hydrogen-bond acceptors (Lipinski definition) is 1. The van der Waals surface area contributed by atoms with Crippen molar-refractivity contribution in [3.05, 3.63) is 63.7 Å². The molecule has 20 heavy (non-hydrogen) atoms. The fourth-order valence-corrected chi connectivity index (χ4v) is 2.54. The molecule has 2 N–H and O–H groups in total. The number of carbonyl (C=O) groups is 1. The van der Waals surface area contributed by atoms with Gasteiger partial charge >= 0.3 is 0 Å². The molecule has 0 saturated carbocycles. The molecule has 100 valence electrons. The summed E-state index contributed by atoms with van der Waals surface area (Å²) in [6, 6.07) is 12.8. The van der Waals surface area contributed by atoms with Crippen LogP contribution >= 0.6 is 27.5 Å². The first-order chi connectivity index (χ1) is 9.65. The molecule has 0 bridgehead atoms. The first-order valence-electron chi connectivity index (χ1n) is 5.97. The standard InChI is InChI=1S/C15H10BrClN2O/c16-12-8-10(4-5-13(12)17)19-15(20)11-3-1-2-9-6-7-18-14(9)11/h1-8,18H,(H,19,20). The lowest BCUT2D eigenvalue weighted by Gasteiger charge is -2.07. The average Bonchev–Trinajstić information content (AvgIpc) is 2.91. The van der Waals surface area contributed by atoms with Crippen LogP contribution in [0.25, 0.3) is 10.9 Å². The predicted molar refractivity (Wildman–Crippen MR) is 85.4 cm³/mol. The highest BCUT2D eigenvalue weighted by atomic mass is 79.9. The Kier molecular flexibility index (Phi) is 3.51. The molecule has 1 aromatic heterocycles. The van der Waals surface area contributed by atoms with Crippen LogP contribution in [-0.4, -0.2) is 10.9 Å². The SMILES string of the molecule is O=C(Nc1ccc(Cl)c(Br)c1)c1cccc2cc[nH]c12. The number of aromatic amines is 1. The number of fused-ring (bicyclic) bond motifs is 1. The van der Waals surface area contributed by atoms with Crippen LogP contribution in [-0.2, 0) is 0 Å². The molecule has 0 spiro atoms. The summed E-state index contributed by atoms with van der Waals surface area (Å²) < 4.78 is 0.745. The van der Waals surface area contributed by atoms with E-state index in [0.29, 0.717) is 16.3 Å². The summed E-state index contributed by atoms with van der Waals surface area (Å²) in [5, 5.41) is 4.48. The van der Waals surface area contributed by atoms with Crippen LogP contribution in [0.5, 0.6) is 0 Å². The average molecular weight is 350 g/mol. The van der Waals surface area contributed by atoms with Crippen molar-refractivity contribution in [1.82, 2.24) is 4.98 Å². The van der Waals surface area contributed by atoms with E-state index < -0.39 is 0 Å². The molecule has 3 rings (SSSR count). The van der Waals surface area contributed by atoms with E-state index in [1.807, 2.05) is 24.4 Å². The number of carbonyl (C=O) groups excluding carboxylic acids is 1. The highest BCUT2D eigenvalue weighted by Gasteiger charge is 2.11. The zero-order chi connectivity index (χ0) is 14.1. The lowest BCUT2D eigenvalue weighted by molar-refractivity contribution is 0.102. The van der Waals surface area contributed by atoms with Crippen molar-refractivity contribution in [3.63, 3.8) is 0 Å². The van der Waals surface area contributed by atoms with Crippen LogP contribution in [0.15, 0.2) is 53.1 Å².